The predicted octanol–water partition coefficient (Wildman–Crippen LogP) is 3.81. The second-order valence-electron chi connectivity index (χ2n) is 15.7. The van der Waals surface area contributed by atoms with Crippen LogP contribution >= 0.6 is 11.6 Å². The van der Waals surface area contributed by atoms with Gasteiger partial charge in [0.15, 0.2) is 11.6 Å². The molecule has 322 valence electrons. The van der Waals surface area contributed by atoms with Gasteiger partial charge in [0.05, 0.1) is 18.3 Å². The van der Waals surface area contributed by atoms with Crippen molar-refractivity contribution in [3.8, 4) is 5.75 Å². The van der Waals surface area contributed by atoms with E-state index in [9.17, 15) is 24.0 Å². The predicted molar refractivity (Wildman–Crippen MR) is 231 cm³/mol. The summed E-state index contributed by atoms with van der Waals surface area (Å²) in [6.07, 6.45) is 6.01. The van der Waals surface area contributed by atoms with Gasteiger partial charge < -0.3 is 40.0 Å². The molecule has 0 saturated carbocycles. The third-order valence-electron chi connectivity index (χ3n) is 11.8. The molecule has 17 nitrogen and oxygen atoms in total. The number of ether oxygens (including phenoxy) is 1. The number of anilines is 4. The first-order valence-electron chi connectivity index (χ1n) is 20.7. The summed E-state index contributed by atoms with van der Waals surface area (Å²) in [5, 5.41) is 12.6. The zero-order valence-electron chi connectivity index (χ0n) is 34.5. The van der Waals surface area contributed by atoms with Gasteiger partial charge in [0, 0.05) is 88.0 Å². The Morgan fingerprint density at radius 1 is 0.984 bits per heavy atom. The molecule has 0 aliphatic carbocycles. The Hall–Kier alpha value is -6.23. The molecule has 4 aliphatic rings. The number of pyridine rings is 1. The summed E-state index contributed by atoms with van der Waals surface area (Å²) in [5.74, 6) is 0.986. The highest BCUT2D eigenvalue weighted by Crippen LogP contribution is 2.32. The average Bonchev–Trinajstić information content (AvgIpc) is 3.60. The quantitative estimate of drug-likeness (QED) is 0.126. The minimum atomic E-state index is -0.632. The van der Waals surface area contributed by atoms with Crippen LogP contribution in [0.25, 0.3) is 10.9 Å². The first-order valence-corrected chi connectivity index (χ1v) is 21.1. The fourth-order valence-corrected chi connectivity index (χ4v) is 8.55. The lowest BCUT2D eigenvalue weighted by Crippen LogP contribution is -2.52. The maximum absolute atomic E-state index is 13.6. The van der Waals surface area contributed by atoms with Gasteiger partial charge in [0.1, 0.15) is 11.1 Å². The summed E-state index contributed by atoms with van der Waals surface area (Å²) >= 11 is 6.53. The van der Waals surface area contributed by atoms with Crippen molar-refractivity contribution in [2.75, 3.05) is 61.9 Å². The number of aromatic nitrogens is 3. The van der Waals surface area contributed by atoms with E-state index >= 15 is 0 Å². The van der Waals surface area contributed by atoms with Crippen LogP contribution in [0.4, 0.5) is 23.1 Å². The van der Waals surface area contributed by atoms with E-state index in [4.69, 9.17) is 26.1 Å². The van der Waals surface area contributed by atoms with E-state index in [2.05, 4.69) is 31.2 Å². The van der Waals surface area contributed by atoms with Gasteiger partial charge in [0.25, 0.3) is 11.5 Å². The van der Waals surface area contributed by atoms with Gasteiger partial charge >= 0.3 is 0 Å². The monoisotopic (exact) mass is 854 g/mol. The summed E-state index contributed by atoms with van der Waals surface area (Å²) < 4.78 is 7.12. The Morgan fingerprint density at radius 2 is 1.72 bits per heavy atom. The van der Waals surface area contributed by atoms with Gasteiger partial charge in [-0.2, -0.15) is 4.98 Å². The standard InChI is InChI=1S/C41H46ClN9O6.C2H5NO/c1-3-57-34-20-26-18-29(5-7-32(26)48(2)40(34)56)45-36-31(42)22-44-41(47-36)50-16-12-25(13-17-50)38(54)49-14-10-24(11-15-49)21-43-28-4-6-30-27(19-28)23-51(39(30)55)33-8-9-35(52)46-37(33)53;1-3-2-4/h4-7,18-20,22,24-25,33,43H,3,8-17,21,23H2,1-2H3,(H,44,45,47)(H,46,52,53);2H,1H3,(H,3,4). The van der Waals surface area contributed by atoms with Crippen LogP contribution in [0.15, 0.2) is 53.5 Å². The van der Waals surface area contributed by atoms with Crippen LogP contribution in [0.1, 0.15) is 61.4 Å². The number of benzene rings is 2. The number of carbonyl (C=O) groups excluding carboxylic acids is 5. The number of hydrogen-bond donors (Lipinski definition) is 4. The maximum Gasteiger partial charge on any atom is 0.293 e. The Morgan fingerprint density at radius 3 is 2.43 bits per heavy atom. The molecule has 2 aromatic heterocycles. The summed E-state index contributed by atoms with van der Waals surface area (Å²) in [6, 6.07) is 12.5. The molecular formula is C43H51ClN10O7. The minimum Gasteiger partial charge on any atom is -0.488 e. The first kappa shape index (κ1) is 42.9. The number of aryl methyl sites for hydroxylation is 1. The molecule has 3 fully saturated rings. The number of hydrogen-bond acceptors (Lipinski definition) is 12. The third kappa shape index (κ3) is 9.56. The fourth-order valence-electron chi connectivity index (χ4n) is 8.41. The van der Waals surface area contributed by atoms with Gasteiger partial charge in [0.2, 0.25) is 30.1 Å². The van der Waals surface area contributed by atoms with Crippen LogP contribution < -0.4 is 36.5 Å². The number of imide groups is 1. The SMILES string of the molecule is CCOc1cc2cc(Nc3nc(N4CCC(C(=O)N5CCC(CNc6ccc7c(c6)CN(C6CCC(=O)NC6=O)C7=O)CC5)CC4)ncc3Cl)ccc2n(C)c1=O.CNC=O. The summed E-state index contributed by atoms with van der Waals surface area (Å²) in [7, 11) is 3.28. The van der Waals surface area contributed by atoms with Crippen molar-refractivity contribution >= 4 is 75.7 Å². The van der Waals surface area contributed by atoms with E-state index in [-0.39, 0.29) is 35.6 Å². The molecule has 61 heavy (non-hydrogen) atoms. The number of rotatable bonds is 11. The van der Waals surface area contributed by atoms with Crippen LogP contribution in [0.2, 0.25) is 5.02 Å². The normalized spacial score (nSPS) is 18.3. The molecule has 18 heteroatoms. The smallest absolute Gasteiger partial charge is 0.293 e. The molecule has 8 rings (SSSR count). The highest BCUT2D eigenvalue weighted by Gasteiger charge is 2.39. The summed E-state index contributed by atoms with van der Waals surface area (Å²) in [4.78, 5) is 87.3. The number of nitrogens with zero attached hydrogens (tertiary/aromatic N) is 6. The summed E-state index contributed by atoms with van der Waals surface area (Å²) in [5.41, 5.74) is 3.72. The number of amides is 5. The Kier molecular flexibility index (Phi) is 13.4. The van der Waals surface area contributed by atoms with Crippen LogP contribution in [0, 0.1) is 11.8 Å². The maximum atomic E-state index is 13.6. The van der Waals surface area contributed by atoms with Crippen molar-refractivity contribution in [3.63, 3.8) is 0 Å². The van der Waals surface area contributed by atoms with E-state index in [1.165, 1.54) is 0 Å². The number of piperidine rings is 3. The van der Waals surface area contributed by atoms with Crippen LogP contribution in [-0.2, 0) is 32.8 Å². The van der Waals surface area contributed by atoms with Gasteiger partial charge in [-0.05, 0) is 93.0 Å². The van der Waals surface area contributed by atoms with Crippen molar-refractivity contribution < 1.29 is 28.7 Å². The molecule has 1 unspecified atom stereocenters. The van der Waals surface area contributed by atoms with Gasteiger partial charge in [-0.3, -0.25) is 34.1 Å². The molecule has 4 aromatic rings. The van der Waals surface area contributed by atoms with Gasteiger partial charge in [-0.15, -0.1) is 0 Å². The Bertz CT molecular complexity index is 2380. The molecule has 4 N–H and O–H groups in total. The topological polar surface area (TPSA) is 200 Å². The van der Waals surface area contributed by atoms with E-state index in [1.807, 2.05) is 48.2 Å². The number of halogens is 1. The van der Waals surface area contributed by atoms with Gasteiger partial charge in [-0.25, -0.2) is 4.98 Å². The molecule has 5 amide bonds. The van der Waals surface area contributed by atoms with Crippen LogP contribution in [-0.4, -0.2) is 107 Å². The lowest BCUT2D eigenvalue weighted by molar-refractivity contribution is -0.138. The second kappa shape index (κ2) is 19.0. The highest BCUT2D eigenvalue weighted by atomic mass is 35.5. The van der Waals surface area contributed by atoms with Crippen LogP contribution in [0.3, 0.4) is 0 Å². The molecular weight excluding hydrogens is 804 g/mol. The Labute approximate surface area is 358 Å². The first-order chi connectivity index (χ1) is 29.5. The second-order valence-corrected chi connectivity index (χ2v) is 16.1. The van der Waals surface area contributed by atoms with Crippen molar-refractivity contribution in [2.24, 2.45) is 18.9 Å². The molecule has 4 aliphatic heterocycles. The van der Waals surface area contributed by atoms with Crippen molar-refractivity contribution in [1.29, 1.82) is 0 Å². The highest BCUT2D eigenvalue weighted by molar-refractivity contribution is 6.33. The molecule has 0 radical (unpaired) electrons. The van der Waals surface area contributed by atoms with Crippen molar-refractivity contribution in [3.05, 3.63) is 75.2 Å². The molecule has 2 aromatic carbocycles. The van der Waals surface area contributed by atoms with E-state index < -0.39 is 11.9 Å². The minimum absolute atomic E-state index is 0.0511. The molecule has 0 bridgehead atoms. The fraction of sp³-hybridized carbons (Fsp3) is 0.442. The molecule has 3 saturated heterocycles. The summed E-state index contributed by atoms with van der Waals surface area (Å²) in [6.45, 7) is 6.09. The molecule has 0 spiro atoms. The number of likely N-dealkylation sites (tertiary alicyclic amines) is 1. The molecule has 6 heterocycles. The van der Waals surface area contributed by atoms with Gasteiger partial charge in [-0.1, -0.05) is 11.6 Å². The lowest BCUT2D eigenvalue weighted by atomic mass is 9.92. The van der Waals surface area contributed by atoms with Crippen molar-refractivity contribution in [2.45, 2.75) is 58.0 Å². The lowest BCUT2D eigenvalue weighted by Gasteiger charge is -2.37. The van der Waals surface area contributed by atoms with E-state index in [1.54, 1.807) is 35.8 Å². The third-order valence-corrected chi connectivity index (χ3v) is 12.1. The van der Waals surface area contributed by atoms with Crippen molar-refractivity contribution in [1.82, 2.24) is 35.0 Å². The zero-order chi connectivity index (χ0) is 43.2. The van der Waals surface area contributed by atoms with E-state index in [0.717, 1.165) is 60.3 Å². The number of fused-ring (bicyclic) bond motifs is 2. The zero-order valence-corrected chi connectivity index (χ0v) is 35.3. The number of carbonyl (C=O) groups is 5. The van der Waals surface area contributed by atoms with E-state index in [0.29, 0.717) is 85.9 Å². The molecule has 1 atom stereocenters. The Balaban J connectivity index is 0.00000134. The average molecular weight is 855 g/mol. The number of nitrogens with one attached hydrogen (secondary N) is 4. The van der Waals surface area contributed by atoms with Crippen LogP contribution in [0.5, 0.6) is 5.75 Å². The largest absolute Gasteiger partial charge is 0.488 e.